The van der Waals surface area contributed by atoms with Gasteiger partial charge >= 0.3 is 5.63 Å². The second kappa shape index (κ2) is 6.43. The second-order valence-electron chi connectivity index (χ2n) is 6.25. The number of carbonyl (C=O) groups is 1. The lowest BCUT2D eigenvalue weighted by Gasteiger charge is -2.18. The Morgan fingerprint density at radius 2 is 1.80 bits per heavy atom. The number of likely N-dealkylation sites (N-methyl/N-ethyl adjacent to an activating group) is 1. The molecule has 0 atom stereocenters. The van der Waals surface area contributed by atoms with Crippen molar-refractivity contribution in [1.29, 1.82) is 0 Å². The number of anilines is 1. The van der Waals surface area contributed by atoms with Gasteiger partial charge in [-0.1, -0.05) is 18.2 Å². The summed E-state index contributed by atoms with van der Waals surface area (Å²) in [4.78, 5) is 24.9. The highest BCUT2D eigenvalue weighted by atomic mass is 16.4. The Morgan fingerprint density at radius 3 is 2.44 bits per heavy atom. The number of nitrogens with two attached hydrogens (primary N) is 1. The SMILES string of the molecule is Cc1cccc(C)c1-c1cc(=O)oc2cc(N(C)CC(N)=O)ccc12. The van der Waals surface area contributed by atoms with Crippen LogP contribution in [0.2, 0.25) is 0 Å². The fraction of sp³-hybridized carbons (Fsp3) is 0.200. The number of rotatable bonds is 4. The van der Waals surface area contributed by atoms with Crippen LogP contribution in [0.3, 0.4) is 0 Å². The van der Waals surface area contributed by atoms with Gasteiger partial charge in [-0.25, -0.2) is 4.79 Å². The van der Waals surface area contributed by atoms with E-state index in [2.05, 4.69) is 0 Å². The molecule has 3 rings (SSSR count). The van der Waals surface area contributed by atoms with Gasteiger partial charge in [0.1, 0.15) is 5.58 Å². The summed E-state index contributed by atoms with van der Waals surface area (Å²) in [5.41, 5.74) is 10.2. The molecule has 0 bridgehead atoms. The zero-order valence-electron chi connectivity index (χ0n) is 14.5. The molecule has 5 nitrogen and oxygen atoms in total. The maximum Gasteiger partial charge on any atom is 0.336 e. The summed E-state index contributed by atoms with van der Waals surface area (Å²) in [7, 11) is 1.76. The topological polar surface area (TPSA) is 76.5 Å². The molecule has 0 aliphatic rings. The molecule has 0 saturated carbocycles. The number of amides is 1. The maximum absolute atomic E-state index is 12.1. The van der Waals surface area contributed by atoms with E-state index >= 15 is 0 Å². The molecule has 0 aliphatic heterocycles. The number of primary amides is 1. The first kappa shape index (κ1) is 16.8. The summed E-state index contributed by atoms with van der Waals surface area (Å²) in [5, 5.41) is 0.855. The van der Waals surface area contributed by atoms with Crippen molar-refractivity contribution in [3.63, 3.8) is 0 Å². The highest BCUT2D eigenvalue weighted by Gasteiger charge is 2.14. The Balaban J connectivity index is 2.22. The van der Waals surface area contributed by atoms with Gasteiger partial charge in [0, 0.05) is 35.8 Å². The van der Waals surface area contributed by atoms with E-state index in [0.717, 1.165) is 33.3 Å². The highest BCUT2D eigenvalue weighted by Crippen LogP contribution is 2.33. The van der Waals surface area contributed by atoms with E-state index in [1.165, 1.54) is 6.07 Å². The zero-order chi connectivity index (χ0) is 18.1. The first-order valence-corrected chi connectivity index (χ1v) is 8.01. The maximum atomic E-state index is 12.1. The number of fused-ring (bicyclic) bond motifs is 1. The van der Waals surface area contributed by atoms with E-state index in [1.54, 1.807) is 18.0 Å². The Morgan fingerprint density at radius 1 is 1.12 bits per heavy atom. The van der Waals surface area contributed by atoms with Crippen LogP contribution < -0.4 is 16.3 Å². The van der Waals surface area contributed by atoms with Crippen LogP contribution in [-0.2, 0) is 4.79 Å². The molecule has 0 radical (unpaired) electrons. The van der Waals surface area contributed by atoms with Crippen LogP contribution in [0.15, 0.2) is 51.7 Å². The molecule has 1 aromatic heterocycles. The smallest absolute Gasteiger partial charge is 0.336 e. The minimum atomic E-state index is -0.423. The summed E-state index contributed by atoms with van der Waals surface area (Å²) in [6.45, 7) is 4.14. The Hall–Kier alpha value is -3.08. The van der Waals surface area contributed by atoms with Crippen LogP contribution in [0.5, 0.6) is 0 Å². The van der Waals surface area contributed by atoms with Crippen molar-refractivity contribution in [2.24, 2.45) is 5.73 Å². The zero-order valence-corrected chi connectivity index (χ0v) is 14.5. The quantitative estimate of drug-likeness (QED) is 0.743. The summed E-state index contributed by atoms with van der Waals surface area (Å²) in [6, 6.07) is 13.1. The van der Waals surface area contributed by atoms with Gasteiger partial charge in [0.2, 0.25) is 5.91 Å². The molecular weight excluding hydrogens is 316 g/mol. The van der Waals surface area contributed by atoms with Gasteiger partial charge in [0.25, 0.3) is 0 Å². The van der Waals surface area contributed by atoms with Gasteiger partial charge in [-0.2, -0.15) is 0 Å². The molecule has 0 aliphatic carbocycles. The first-order valence-electron chi connectivity index (χ1n) is 8.01. The van der Waals surface area contributed by atoms with E-state index in [-0.39, 0.29) is 6.54 Å². The normalized spacial score (nSPS) is 10.8. The van der Waals surface area contributed by atoms with Crippen molar-refractivity contribution in [2.45, 2.75) is 13.8 Å². The van der Waals surface area contributed by atoms with Gasteiger partial charge in [-0.3, -0.25) is 4.79 Å². The average molecular weight is 336 g/mol. The lowest BCUT2D eigenvalue weighted by atomic mass is 9.94. The van der Waals surface area contributed by atoms with Gasteiger partial charge in [-0.15, -0.1) is 0 Å². The molecule has 2 N–H and O–H groups in total. The largest absolute Gasteiger partial charge is 0.423 e. The highest BCUT2D eigenvalue weighted by molar-refractivity contribution is 5.96. The molecule has 0 fully saturated rings. The molecule has 1 heterocycles. The van der Waals surface area contributed by atoms with Crippen LogP contribution in [0.1, 0.15) is 11.1 Å². The number of aryl methyl sites for hydroxylation is 2. The predicted octanol–water partition coefficient (Wildman–Crippen LogP) is 3.00. The third-order valence-electron chi connectivity index (χ3n) is 4.31. The number of hydrogen-bond donors (Lipinski definition) is 1. The van der Waals surface area contributed by atoms with E-state index in [4.69, 9.17) is 10.2 Å². The third-order valence-corrected chi connectivity index (χ3v) is 4.31. The van der Waals surface area contributed by atoms with Crippen molar-refractivity contribution >= 4 is 22.6 Å². The second-order valence-corrected chi connectivity index (χ2v) is 6.25. The summed E-state index contributed by atoms with van der Waals surface area (Å²) in [6.07, 6.45) is 0. The minimum absolute atomic E-state index is 0.0896. The summed E-state index contributed by atoms with van der Waals surface area (Å²) >= 11 is 0. The number of nitrogens with zero attached hydrogens (tertiary/aromatic N) is 1. The van der Waals surface area contributed by atoms with Crippen LogP contribution in [-0.4, -0.2) is 19.5 Å². The fourth-order valence-electron chi connectivity index (χ4n) is 3.16. The molecule has 5 heteroatoms. The van der Waals surface area contributed by atoms with Crippen LogP contribution in [0.25, 0.3) is 22.1 Å². The van der Waals surface area contributed by atoms with Gasteiger partial charge in [0.15, 0.2) is 0 Å². The van der Waals surface area contributed by atoms with Gasteiger partial charge in [0.05, 0.1) is 6.54 Å². The molecule has 0 saturated heterocycles. The van der Waals surface area contributed by atoms with E-state index in [0.29, 0.717) is 5.58 Å². The van der Waals surface area contributed by atoms with Gasteiger partial charge in [-0.05, 0) is 42.7 Å². The Kier molecular flexibility index (Phi) is 4.31. The van der Waals surface area contributed by atoms with Crippen molar-refractivity contribution in [1.82, 2.24) is 0 Å². The van der Waals surface area contributed by atoms with Crippen molar-refractivity contribution in [3.8, 4) is 11.1 Å². The Bertz CT molecular complexity index is 1000. The van der Waals surface area contributed by atoms with Crippen LogP contribution in [0, 0.1) is 13.8 Å². The first-order chi connectivity index (χ1) is 11.9. The van der Waals surface area contributed by atoms with Crippen LogP contribution in [0.4, 0.5) is 5.69 Å². The van der Waals surface area contributed by atoms with Crippen molar-refractivity contribution in [2.75, 3.05) is 18.5 Å². The molecule has 3 aromatic rings. The third kappa shape index (κ3) is 3.26. The number of carbonyl (C=O) groups excluding carboxylic acids is 1. The molecule has 25 heavy (non-hydrogen) atoms. The molecule has 0 spiro atoms. The standard InChI is InChI=1S/C20H20N2O3/c1-12-5-4-6-13(2)20(12)16-10-19(24)25-17-9-14(7-8-15(16)17)22(3)11-18(21)23/h4-10H,11H2,1-3H3,(H2,21,23). The molecule has 1 amide bonds. The molecule has 2 aromatic carbocycles. The molecule has 0 unspecified atom stereocenters. The van der Waals surface area contributed by atoms with E-state index in [1.807, 2.05) is 44.2 Å². The van der Waals surface area contributed by atoms with E-state index < -0.39 is 11.5 Å². The monoisotopic (exact) mass is 336 g/mol. The Labute approximate surface area is 145 Å². The lowest BCUT2D eigenvalue weighted by molar-refractivity contribution is -0.116. The minimum Gasteiger partial charge on any atom is -0.423 e. The lowest BCUT2D eigenvalue weighted by Crippen LogP contribution is -2.30. The predicted molar refractivity (Wildman–Crippen MR) is 99.9 cm³/mol. The average Bonchev–Trinajstić information content (AvgIpc) is 2.53. The molecular formula is C20H20N2O3. The molecule has 128 valence electrons. The van der Waals surface area contributed by atoms with Crippen LogP contribution >= 0.6 is 0 Å². The summed E-state index contributed by atoms with van der Waals surface area (Å²) < 4.78 is 5.40. The van der Waals surface area contributed by atoms with E-state index in [9.17, 15) is 9.59 Å². The van der Waals surface area contributed by atoms with Crippen molar-refractivity contribution in [3.05, 3.63) is 64.0 Å². The summed E-state index contributed by atoms with van der Waals surface area (Å²) in [5.74, 6) is -0.423. The number of benzene rings is 2. The van der Waals surface area contributed by atoms with Gasteiger partial charge < -0.3 is 15.1 Å². The fourth-order valence-corrected chi connectivity index (χ4v) is 3.16. The number of hydrogen-bond acceptors (Lipinski definition) is 4. The van der Waals surface area contributed by atoms with Crippen molar-refractivity contribution < 1.29 is 9.21 Å².